The summed E-state index contributed by atoms with van der Waals surface area (Å²) in [6.07, 6.45) is 4.17. The maximum atomic E-state index is 12.6. The second-order valence-electron chi connectivity index (χ2n) is 6.33. The van der Waals surface area contributed by atoms with Crippen molar-refractivity contribution < 1.29 is 13.5 Å². The number of nitrogens with zero attached hydrogens (tertiary/aromatic N) is 2. The molecule has 3 rings (SSSR count). The Morgan fingerprint density at radius 1 is 1.28 bits per heavy atom. The highest BCUT2D eigenvalue weighted by Crippen LogP contribution is 2.24. The van der Waals surface area contributed by atoms with E-state index in [2.05, 4.69) is 4.98 Å². The van der Waals surface area contributed by atoms with Gasteiger partial charge in [0.05, 0.1) is 11.9 Å². The molecule has 25 heavy (non-hydrogen) atoms. The largest absolute Gasteiger partial charge is 0.392 e. The van der Waals surface area contributed by atoms with E-state index in [1.807, 2.05) is 30.3 Å². The van der Waals surface area contributed by atoms with Gasteiger partial charge in [0.1, 0.15) is 0 Å². The van der Waals surface area contributed by atoms with Crippen LogP contribution in [0.4, 0.5) is 0 Å². The van der Waals surface area contributed by atoms with Crippen LogP contribution in [0.15, 0.2) is 42.7 Å². The van der Waals surface area contributed by atoms with Crippen LogP contribution < -0.4 is 0 Å². The lowest BCUT2D eigenvalue weighted by molar-refractivity contribution is 0.185. The van der Waals surface area contributed by atoms with E-state index in [-0.39, 0.29) is 5.75 Å². The molecule has 1 aromatic carbocycles. The minimum absolute atomic E-state index is 0.261. The quantitative estimate of drug-likeness (QED) is 0.835. The molecule has 0 amide bonds. The van der Waals surface area contributed by atoms with Crippen LogP contribution in [0.1, 0.15) is 23.1 Å². The fourth-order valence-electron chi connectivity index (χ4n) is 3.05. The zero-order valence-electron chi connectivity index (χ0n) is 13.8. The predicted molar refractivity (Wildman–Crippen MR) is 97.9 cm³/mol. The number of aliphatic hydroxyl groups is 1. The Labute approximate surface area is 153 Å². The highest BCUT2D eigenvalue weighted by Gasteiger charge is 2.28. The standard InChI is InChI=1S/C18H21ClN2O3S/c19-17-5-4-15-7-9-21(12-16(15)10-17)25(23,24)13-18(22)6-3-14-2-1-8-20-11-14/h1-2,4-5,8,10-11,18,22H,3,6-7,9,12-13H2. The van der Waals surface area contributed by atoms with Crippen molar-refractivity contribution in [1.82, 2.24) is 9.29 Å². The Balaban J connectivity index is 1.60. The summed E-state index contributed by atoms with van der Waals surface area (Å²) in [5.74, 6) is -0.261. The smallest absolute Gasteiger partial charge is 0.216 e. The zero-order chi connectivity index (χ0) is 17.9. The number of pyridine rings is 1. The van der Waals surface area contributed by atoms with E-state index < -0.39 is 16.1 Å². The number of benzene rings is 1. The molecule has 1 aromatic heterocycles. The van der Waals surface area contributed by atoms with Crippen molar-refractivity contribution in [2.24, 2.45) is 0 Å². The first-order chi connectivity index (χ1) is 11.9. The Kier molecular flexibility index (Phi) is 5.74. The van der Waals surface area contributed by atoms with Crippen LogP contribution in [0, 0.1) is 0 Å². The molecule has 2 heterocycles. The molecule has 1 aliphatic heterocycles. The number of aryl methyl sites for hydroxylation is 1. The average molecular weight is 381 g/mol. The fourth-order valence-corrected chi connectivity index (χ4v) is 4.81. The maximum Gasteiger partial charge on any atom is 0.216 e. The zero-order valence-corrected chi connectivity index (χ0v) is 15.4. The predicted octanol–water partition coefficient (Wildman–Crippen LogP) is 2.42. The van der Waals surface area contributed by atoms with Gasteiger partial charge < -0.3 is 5.11 Å². The van der Waals surface area contributed by atoms with Crippen LogP contribution in [0.25, 0.3) is 0 Å². The number of rotatable bonds is 6. The molecule has 0 spiro atoms. The SMILES string of the molecule is O=S(=O)(CC(O)CCc1cccnc1)N1CCc2ccc(Cl)cc2C1. The van der Waals surface area contributed by atoms with Crippen LogP contribution >= 0.6 is 11.6 Å². The molecule has 0 aliphatic carbocycles. The topological polar surface area (TPSA) is 70.5 Å². The van der Waals surface area contributed by atoms with E-state index in [0.717, 1.165) is 16.7 Å². The van der Waals surface area contributed by atoms with Crippen LogP contribution in [0.2, 0.25) is 5.02 Å². The van der Waals surface area contributed by atoms with Gasteiger partial charge in [0.15, 0.2) is 0 Å². The van der Waals surface area contributed by atoms with Crippen molar-refractivity contribution in [3.05, 3.63) is 64.4 Å². The molecule has 134 valence electrons. The number of sulfonamides is 1. The van der Waals surface area contributed by atoms with Gasteiger partial charge in [-0.2, -0.15) is 4.31 Å². The number of halogens is 1. The highest BCUT2D eigenvalue weighted by atomic mass is 35.5. The summed E-state index contributed by atoms with van der Waals surface area (Å²) < 4.78 is 26.7. The molecule has 0 bridgehead atoms. The van der Waals surface area contributed by atoms with Crippen molar-refractivity contribution in [2.75, 3.05) is 12.3 Å². The van der Waals surface area contributed by atoms with Gasteiger partial charge in [0, 0.05) is 30.5 Å². The van der Waals surface area contributed by atoms with Crippen LogP contribution in [-0.2, 0) is 29.4 Å². The van der Waals surface area contributed by atoms with E-state index in [0.29, 0.717) is 37.4 Å². The first kappa shape index (κ1) is 18.3. The van der Waals surface area contributed by atoms with Gasteiger partial charge in [-0.15, -0.1) is 0 Å². The molecule has 0 saturated carbocycles. The summed E-state index contributed by atoms with van der Waals surface area (Å²) in [5, 5.41) is 10.8. The average Bonchev–Trinajstić information content (AvgIpc) is 2.60. The molecular weight excluding hydrogens is 360 g/mol. The van der Waals surface area contributed by atoms with Gasteiger partial charge in [0.25, 0.3) is 0 Å². The van der Waals surface area contributed by atoms with Gasteiger partial charge in [-0.25, -0.2) is 8.42 Å². The molecular formula is C18H21ClN2O3S. The normalized spacial score (nSPS) is 16.4. The molecule has 0 radical (unpaired) electrons. The Morgan fingerprint density at radius 3 is 2.88 bits per heavy atom. The molecule has 5 nitrogen and oxygen atoms in total. The summed E-state index contributed by atoms with van der Waals surface area (Å²) in [6, 6.07) is 9.34. The number of aliphatic hydroxyl groups excluding tert-OH is 1. The summed E-state index contributed by atoms with van der Waals surface area (Å²) in [5.41, 5.74) is 3.06. The molecule has 2 aromatic rings. The third kappa shape index (κ3) is 4.79. The van der Waals surface area contributed by atoms with Crippen molar-refractivity contribution in [3.8, 4) is 0 Å². The van der Waals surface area contributed by atoms with E-state index in [4.69, 9.17) is 11.6 Å². The summed E-state index contributed by atoms with van der Waals surface area (Å²) in [6.45, 7) is 0.750. The lowest BCUT2D eigenvalue weighted by Crippen LogP contribution is -2.40. The number of fused-ring (bicyclic) bond motifs is 1. The van der Waals surface area contributed by atoms with Crippen LogP contribution in [0.5, 0.6) is 0 Å². The molecule has 1 unspecified atom stereocenters. The van der Waals surface area contributed by atoms with Crippen molar-refractivity contribution >= 4 is 21.6 Å². The Hall–Kier alpha value is -1.47. The molecule has 0 saturated heterocycles. The minimum atomic E-state index is -3.52. The van der Waals surface area contributed by atoms with E-state index >= 15 is 0 Å². The van der Waals surface area contributed by atoms with Crippen LogP contribution in [-0.4, -0.2) is 41.2 Å². The van der Waals surface area contributed by atoms with Gasteiger partial charge in [-0.1, -0.05) is 23.7 Å². The van der Waals surface area contributed by atoms with Gasteiger partial charge in [-0.05, 0) is 54.2 Å². The Bertz CT molecular complexity index is 827. The van der Waals surface area contributed by atoms with Gasteiger partial charge in [0.2, 0.25) is 10.0 Å². The first-order valence-corrected chi connectivity index (χ1v) is 10.2. The summed E-state index contributed by atoms with van der Waals surface area (Å²) >= 11 is 6.01. The molecule has 1 atom stereocenters. The van der Waals surface area contributed by atoms with Crippen molar-refractivity contribution in [1.29, 1.82) is 0 Å². The van der Waals surface area contributed by atoms with Crippen LogP contribution in [0.3, 0.4) is 0 Å². The summed E-state index contributed by atoms with van der Waals surface area (Å²) in [4.78, 5) is 4.02. The van der Waals surface area contributed by atoms with Gasteiger partial charge >= 0.3 is 0 Å². The minimum Gasteiger partial charge on any atom is -0.392 e. The molecule has 1 aliphatic rings. The molecule has 7 heteroatoms. The van der Waals surface area contributed by atoms with Gasteiger partial charge in [-0.3, -0.25) is 4.98 Å². The first-order valence-electron chi connectivity index (χ1n) is 8.26. The van der Waals surface area contributed by atoms with Crippen molar-refractivity contribution in [3.63, 3.8) is 0 Å². The monoisotopic (exact) mass is 380 g/mol. The van der Waals surface area contributed by atoms with Crippen molar-refractivity contribution in [2.45, 2.75) is 31.9 Å². The Morgan fingerprint density at radius 2 is 2.12 bits per heavy atom. The fraction of sp³-hybridized carbons (Fsp3) is 0.389. The second kappa shape index (κ2) is 7.83. The molecule has 1 N–H and O–H groups in total. The lowest BCUT2D eigenvalue weighted by Gasteiger charge is -2.29. The van der Waals surface area contributed by atoms with E-state index in [9.17, 15) is 13.5 Å². The lowest BCUT2D eigenvalue weighted by atomic mass is 10.0. The highest BCUT2D eigenvalue weighted by molar-refractivity contribution is 7.89. The maximum absolute atomic E-state index is 12.6. The molecule has 0 fully saturated rings. The van der Waals surface area contributed by atoms with E-state index in [1.165, 1.54) is 4.31 Å². The third-order valence-electron chi connectivity index (χ3n) is 4.43. The van der Waals surface area contributed by atoms with E-state index in [1.54, 1.807) is 12.4 Å². The number of hydrogen-bond acceptors (Lipinski definition) is 4. The third-order valence-corrected chi connectivity index (χ3v) is 6.57. The number of hydrogen-bond donors (Lipinski definition) is 1. The second-order valence-corrected chi connectivity index (χ2v) is 8.78. The number of aromatic nitrogens is 1. The summed E-state index contributed by atoms with van der Waals surface area (Å²) in [7, 11) is -3.52.